The summed E-state index contributed by atoms with van der Waals surface area (Å²) in [6, 6.07) is 1.48. The van der Waals surface area contributed by atoms with Crippen molar-refractivity contribution in [1.82, 2.24) is 10.2 Å². The average Bonchev–Trinajstić information content (AvgIpc) is 3.05. The van der Waals surface area contributed by atoms with Gasteiger partial charge in [0.15, 0.2) is 0 Å². The van der Waals surface area contributed by atoms with Crippen LogP contribution in [0.2, 0.25) is 0 Å². The van der Waals surface area contributed by atoms with E-state index in [0.717, 1.165) is 19.3 Å². The molecule has 0 radical (unpaired) electrons. The number of hydrogen-bond acceptors (Lipinski definition) is 3. The molecule has 1 saturated heterocycles. The molecule has 0 spiro atoms. The zero-order valence-corrected chi connectivity index (χ0v) is 11.8. The normalized spacial score (nSPS) is 32.4. The standard InChI is InChI=1S/C14H26N2O2/c1-4-12-8-5-10(2)16(12)9-14(3,13(17)18)15-11-6-7-11/h10-12,15H,4-9H2,1-3H3,(H,17,18). The predicted molar refractivity (Wildman–Crippen MR) is 71.7 cm³/mol. The van der Waals surface area contributed by atoms with Gasteiger partial charge in [-0.1, -0.05) is 6.92 Å². The van der Waals surface area contributed by atoms with E-state index in [4.69, 9.17) is 0 Å². The second-order valence-electron chi connectivity index (χ2n) is 6.22. The van der Waals surface area contributed by atoms with E-state index in [2.05, 4.69) is 24.1 Å². The summed E-state index contributed by atoms with van der Waals surface area (Å²) in [7, 11) is 0. The summed E-state index contributed by atoms with van der Waals surface area (Å²) in [6.45, 7) is 6.88. The Balaban J connectivity index is 2.04. The van der Waals surface area contributed by atoms with E-state index in [0.29, 0.717) is 24.7 Å². The molecular formula is C14H26N2O2. The lowest BCUT2D eigenvalue weighted by Gasteiger charge is -2.36. The Morgan fingerprint density at radius 3 is 2.56 bits per heavy atom. The second kappa shape index (κ2) is 5.17. The van der Waals surface area contributed by atoms with Crippen LogP contribution in [0.25, 0.3) is 0 Å². The van der Waals surface area contributed by atoms with E-state index in [9.17, 15) is 9.90 Å². The van der Waals surface area contributed by atoms with Gasteiger partial charge in [-0.15, -0.1) is 0 Å². The molecule has 0 amide bonds. The van der Waals surface area contributed by atoms with E-state index < -0.39 is 11.5 Å². The molecule has 1 aliphatic carbocycles. The van der Waals surface area contributed by atoms with E-state index in [1.807, 2.05) is 6.92 Å². The van der Waals surface area contributed by atoms with Crippen LogP contribution in [-0.4, -0.2) is 46.2 Å². The molecule has 2 fully saturated rings. The summed E-state index contributed by atoms with van der Waals surface area (Å²) in [5.41, 5.74) is -0.798. The molecule has 2 N–H and O–H groups in total. The van der Waals surface area contributed by atoms with Crippen molar-refractivity contribution in [3.63, 3.8) is 0 Å². The quantitative estimate of drug-likeness (QED) is 0.759. The van der Waals surface area contributed by atoms with Crippen LogP contribution in [0, 0.1) is 0 Å². The molecule has 0 bridgehead atoms. The van der Waals surface area contributed by atoms with Crippen molar-refractivity contribution in [2.24, 2.45) is 0 Å². The first-order chi connectivity index (χ1) is 8.46. The molecule has 2 aliphatic rings. The Kier molecular flexibility index (Phi) is 3.97. The molecule has 4 nitrogen and oxygen atoms in total. The van der Waals surface area contributed by atoms with Crippen LogP contribution in [0.3, 0.4) is 0 Å². The smallest absolute Gasteiger partial charge is 0.324 e. The zero-order valence-electron chi connectivity index (χ0n) is 11.8. The van der Waals surface area contributed by atoms with Crippen LogP contribution in [0.15, 0.2) is 0 Å². The Morgan fingerprint density at radius 2 is 2.06 bits per heavy atom. The Labute approximate surface area is 110 Å². The minimum atomic E-state index is -0.798. The first-order valence-electron chi connectivity index (χ1n) is 7.23. The molecule has 1 aliphatic heterocycles. The maximum absolute atomic E-state index is 11.6. The van der Waals surface area contributed by atoms with Gasteiger partial charge in [0.05, 0.1) is 0 Å². The van der Waals surface area contributed by atoms with Gasteiger partial charge in [-0.2, -0.15) is 0 Å². The fourth-order valence-electron chi connectivity index (χ4n) is 3.07. The monoisotopic (exact) mass is 254 g/mol. The third kappa shape index (κ3) is 2.86. The number of carbonyl (C=O) groups is 1. The Bertz CT molecular complexity index is 317. The van der Waals surface area contributed by atoms with Crippen LogP contribution in [0.4, 0.5) is 0 Å². The van der Waals surface area contributed by atoms with Gasteiger partial charge >= 0.3 is 5.97 Å². The molecule has 2 rings (SSSR count). The van der Waals surface area contributed by atoms with Crippen molar-refractivity contribution < 1.29 is 9.90 Å². The molecule has 3 atom stereocenters. The fraction of sp³-hybridized carbons (Fsp3) is 0.929. The van der Waals surface area contributed by atoms with Gasteiger partial charge in [0.25, 0.3) is 0 Å². The average molecular weight is 254 g/mol. The van der Waals surface area contributed by atoms with Crippen molar-refractivity contribution in [2.75, 3.05) is 6.54 Å². The highest BCUT2D eigenvalue weighted by Gasteiger charge is 2.43. The van der Waals surface area contributed by atoms with E-state index in [1.165, 1.54) is 12.8 Å². The zero-order chi connectivity index (χ0) is 13.3. The number of nitrogens with zero attached hydrogens (tertiary/aromatic N) is 1. The highest BCUT2D eigenvalue weighted by Crippen LogP contribution is 2.29. The number of carboxylic acid groups (broad SMARTS) is 1. The molecule has 0 aromatic rings. The Morgan fingerprint density at radius 1 is 1.39 bits per heavy atom. The molecule has 1 saturated carbocycles. The number of likely N-dealkylation sites (tertiary alicyclic amines) is 1. The fourth-order valence-corrected chi connectivity index (χ4v) is 3.07. The van der Waals surface area contributed by atoms with Crippen LogP contribution >= 0.6 is 0 Å². The molecule has 104 valence electrons. The largest absolute Gasteiger partial charge is 0.480 e. The third-order valence-electron chi connectivity index (χ3n) is 4.49. The van der Waals surface area contributed by atoms with Crippen LogP contribution in [0.5, 0.6) is 0 Å². The van der Waals surface area contributed by atoms with Crippen LogP contribution < -0.4 is 5.32 Å². The van der Waals surface area contributed by atoms with Gasteiger partial charge in [0, 0.05) is 24.7 Å². The lowest BCUT2D eigenvalue weighted by Crippen LogP contribution is -2.59. The van der Waals surface area contributed by atoms with Gasteiger partial charge in [-0.05, 0) is 46.0 Å². The molecule has 0 aromatic heterocycles. The maximum atomic E-state index is 11.6. The third-order valence-corrected chi connectivity index (χ3v) is 4.49. The van der Waals surface area contributed by atoms with Gasteiger partial charge in [0.2, 0.25) is 0 Å². The molecule has 0 aromatic carbocycles. The lowest BCUT2D eigenvalue weighted by molar-refractivity contribution is -0.145. The van der Waals surface area contributed by atoms with Crippen LogP contribution in [-0.2, 0) is 4.79 Å². The summed E-state index contributed by atoms with van der Waals surface area (Å²) in [5.74, 6) is -0.719. The van der Waals surface area contributed by atoms with Crippen molar-refractivity contribution >= 4 is 5.97 Å². The number of hydrogen-bond donors (Lipinski definition) is 2. The van der Waals surface area contributed by atoms with Crippen molar-refractivity contribution in [3.8, 4) is 0 Å². The summed E-state index contributed by atoms with van der Waals surface area (Å²) in [4.78, 5) is 14.0. The number of carboxylic acids is 1. The highest BCUT2D eigenvalue weighted by molar-refractivity contribution is 5.78. The molecule has 1 heterocycles. The maximum Gasteiger partial charge on any atom is 0.324 e. The molecule has 4 heteroatoms. The van der Waals surface area contributed by atoms with E-state index >= 15 is 0 Å². The van der Waals surface area contributed by atoms with Crippen molar-refractivity contribution in [2.45, 2.75) is 76.5 Å². The van der Waals surface area contributed by atoms with E-state index in [-0.39, 0.29) is 0 Å². The summed E-state index contributed by atoms with van der Waals surface area (Å²) in [6.07, 6.45) is 5.75. The van der Waals surface area contributed by atoms with Gasteiger partial charge < -0.3 is 5.11 Å². The number of aliphatic carboxylic acids is 1. The predicted octanol–water partition coefficient (Wildman–Crippen LogP) is 1.84. The minimum absolute atomic E-state index is 0.420. The molecular weight excluding hydrogens is 228 g/mol. The Hall–Kier alpha value is -0.610. The highest BCUT2D eigenvalue weighted by atomic mass is 16.4. The first-order valence-corrected chi connectivity index (χ1v) is 7.23. The van der Waals surface area contributed by atoms with E-state index in [1.54, 1.807) is 0 Å². The summed E-state index contributed by atoms with van der Waals surface area (Å²) < 4.78 is 0. The summed E-state index contributed by atoms with van der Waals surface area (Å²) in [5, 5.41) is 12.8. The van der Waals surface area contributed by atoms with Crippen molar-refractivity contribution in [1.29, 1.82) is 0 Å². The second-order valence-corrected chi connectivity index (χ2v) is 6.22. The van der Waals surface area contributed by atoms with Gasteiger partial charge in [0.1, 0.15) is 5.54 Å². The van der Waals surface area contributed by atoms with Gasteiger partial charge in [-0.25, -0.2) is 0 Å². The molecule has 18 heavy (non-hydrogen) atoms. The number of nitrogens with one attached hydrogen (secondary N) is 1. The lowest BCUT2D eigenvalue weighted by atomic mass is 10.00. The molecule has 3 unspecified atom stereocenters. The van der Waals surface area contributed by atoms with Crippen LogP contribution in [0.1, 0.15) is 52.9 Å². The number of rotatable bonds is 6. The van der Waals surface area contributed by atoms with Crippen molar-refractivity contribution in [3.05, 3.63) is 0 Å². The minimum Gasteiger partial charge on any atom is -0.480 e. The first kappa shape index (κ1) is 13.8. The summed E-state index contributed by atoms with van der Waals surface area (Å²) >= 11 is 0. The van der Waals surface area contributed by atoms with Gasteiger partial charge in [-0.3, -0.25) is 15.0 Å². The topological polar surface area (TPSA) is 52.6 Å². The SMILES string of the molecule is CCC1CCC(C)N1CC(C)(NC1CC1)C(=O)O.